The van der Waals surface area contributed by atoms with Gasteiger partial charge in [-0.1, -0.05) is 26.0 Å². The third-order valence-corrected chi connectivity index (χ3v) is 4.72. The summed E-state index contributed by atoms with van der Waals surface area (Å²) in [6.45, 7) is 9.43. The Morgan fingerprint density at radius 2 is 2.29 bits per heavy atom. The average molecular weight is 305 g/mol. The topological polar surface area (TPSA) is 55.6 Å². The van der Waals surface area contributed by atoms with Crippen LogP contribution in [0, 0.1) is 0 Å². The molecule has 21 heavy (non-hydrogen) atoms. The molecule has 3 heterocycles. The van der Waals surface area contributed by atoms with E-state index in [1.807, 2.05) is 4.68 Å². The lowest BCUT2D eigenvalue weighted by Crippen LogP contribution is -2.28. The van der Waals surface area contributed by atoms with E-state index >= 15 is 0 Å². The minimum Gasteiger partial charge on any atom is -0.316 e. The second kappa shape index (κ2) is 5.85. The van der Waals surface area contributed by atoms with E-state index in [0.29, 0.717) is 12.5 Å². The third kappa shape index (κ3) is 3.49. The first-order valence-corrected chi connectivity index (χ1v) is 8.46. The highest BCUT2D eigenvalue weighted by molar-refractivity contribution is 7.09. The Balaban J connectivity index is 1.68. The summed E-state index contributed by atoms with van der Waals surface area (Å²) in [5, 5.41) is 15.3. The van der Waals surface area contributed by atoms with Gasteiger partial charge in [-0.3, -0.25) is 0 Å². The van der Waals surface area contributed by atoms with Crippen LogP contribution in [0.3, 0.4) is 0 Å². The van der Waals surface area contributed by atoms with E-state index in [1.165, 1.54) is 12.8 Å². The van der Waals surface area contributed by atoms with E-state index in [4.69, 9.17) is 4.98 Å². The minimum atomic E-state index is 0.107. The molecule has 1 atom stereocenters. The Morgan fingerprint density at radius 3 is 2.95 bits per heavy atom. The Labute approximate surface area is 129 Å². The molecule has 6 heteroatoms. The van der Waals surface area contributed by atoms with Gasteiger partial charge in [0.1, 0.15) is 5.01 Å². The van der Waals surface area contributed by atoms with Crippen molar-refractivity contribution in [2.45, 2.75) is 51.5 Å². The van der Waals surface area contributed by atoms with Crippen molar-refractivity contribution in [2.24, 2.45) is 0 Å². The Kier molecular flexibility index (Phi) is 4.08. The Morgan fingerprint density at radius 1 is 1.43 bits per heavy atom. The summed E-state index contributed by atoms with van der Waals surface area (Å²) in [4.78, 5) is 4.72. The van der Waals surface area contributed by atoms with Gasteiger partial charge in [0.25, 0.3) is 0 Å². The lowest BCUT2D eigenvalue weighted by molar-refractivity contribution is 0.454. The van der Waals surface area contributed by atoms with E-state index < -0.39 is 0 Å². The first-order valence-electron chi connectivity index (χ1n) is 7.58. The molecule has 1 N–H and O–H groups in total. The molecule has 0 aromatic carbocycles. The van der Waals surface area contributed by atoms with Crippen LogP contribution < -0.4 is 5.32 Å². The number of nitrogens with zero attached hydrogens (tertiary/aromatic N) is 4. The summed E-state index contributed by atoms with van der Waals surface area (Å²) >= 11 is 1.70. The fraction of sp³-hybridized carbons (Fsp3) is 0.667. The minimum absolute atomic E-state index is 0.107. The molecule has 5 nitrogen and oxygen atoms in total. The monoisotopic (exact) mass is 305 g/mol. The zero-order valence-electron chi connectivity index (χ0n) is 13.0. The van der Waals surface area contributed by atoms with E-state index in [2.05, 4.69) is 48.0 Å². The Bertz CT molecular complexity index is 589. The molecule has 0 spiro atoms. The van der Waals surface area contributed by atoms with Crippen molar-refractivity contribution in [3.63, 3.8) is 0 Å². The molecular formula is C15H23N5S. The van der Waals surface area contributed by atoms with Gasteiger partial charge in [0, 0.05) is 29.5 Å². The zero-order chi connectivity index (χ0) is 14.9. The SMILES string of the molecule is CC(C)(C)c1csc(Cn2cc([C@H]3CCCNC3)nn2)n1. The highest BCUT2D eigenvalue weighted by Crippen LogP contribution is 2.25. The van der Waals surface area contributed by atoms with E-state index in [-0.39, 0.29) is 5.41 Å². The lowest BCUT2D eigenvalue weighted by atomic mass is 9.93. The van der Waals surface area contributed by atoms with E-state index in [1.54, 1.807) is 11.3 Å². The van der Waals surface area contributed by atoms with Crippen molar-refractivity contribution < 1.29 is 0 Å². The van der Waals surface area contributed by atoms with Gasteiger partial charge in [0.15, 0.2) is 0 Å². The summed E-state index contributed by atoms with van der Waals surface area (Å²) in [5.74, 6) is 0.508. The second-order valence-corrected chi connectivity index (χ2v) is 7.70. The summed E-state index contributed by atoms with van der Waals surface area (Å²) in [6.07, 6.45) is 4.51. The third-order valence-electron chi connectivity index (χ3n) is 3.89. The zero-order valence-corrected chi connectivity index (χ0v) is 13.8. The summed E-state index contributed by atoms with van der Waals surface area (Å²) < 4.78 is 1.91. The number of aromatic nitrogens is 4. The molecule has 0 aliphatic carbocycles. The maximum atomic E-state index is 4.72. The van der Waals surface area contributed by atoms with Gasteiger partial charge in [-0.25, -0.2) is 9.67 Å². The first-order chi connectivity index (χ1) is 10.0. The number of nitrogens with one attached hydrogen (secondary N) is 1. The van der Waals surface area contributed by atoms with Gasteiger partial charge < -0.3 is 5.32 Å². The average Bonchev–Trinajstić information content (AvgIpc) is 3.09. The number of hydrogen-bond donors (Lipinski definition) is 1. The van der Waals surface area contributed by atoms with Crippen molar-refractivity contribution in [1.29, 1.82) is 0 Å². The fourth-order valence-corrected chi connectivity index (χ4v) is 3.56. The number of piperidine rings is 1. The number of hydrogen-bond acceptors (Lipinski definition) is 5. The predicted octanol–water partition coefficient (Wildman–Crippen LogP) is 2.55. The quantitative estimate of drug-likeness (QED) is 0.947. The summed E-state index contributed by atoms with van der Waals surface area (Å²) in [7, 11) is 0. The molecule has 1 fully saturated rings. The fourth-order valence-electron chi connectivity index (χ4n) is 2.55. The molecule has 1 aliphatic rings. The van der Waals surface area contributed by atoms with Gasteiger partial charge in [-0.05, 0) is 19.4 Å². The van der Waals surface area contributed by atoms with Crippen molar-refractivity contribution >= 4 is 11.3 Å². The highest BCUT2D eigenvalue weighted by Gasteiger charge is 2.20. The largest absolute Gasteiger partial charge is 0.316 e. The van der Waals surface area contributed by atoms with Crippen molar-refractivity contribution in [1.82, 2.24) is 25.3 Å². The standard InChI is InChI=1S/C15H23N5S/c1-15(2,3)13-10-21-14(17-13)9-20-8-12(18-19-20)11-5-4-6-16-7-11/h8,10-11,16H,4-7,9H2,1-3H3/t11-/m0/s1. The van der Waals surface area contributed by atoms with Crippen molar-refractivity contribution in [3.8, 4) is 0 Å². The van der Waals surface area contributed by atoms with Gasteiger partial charge >= 0.3 is 0 Å². The van der Waals surface area contributed by atoms with Crippen LogP contribution in [0.15, 0.2) is 11.6 Å². The van der Waals surface area contributed by atoms with Crippen LogP contribution in [0.2, 0.25) is 0 Å². The maximum Gasteiger partial charge on any atom is 0.114 e. The molecule has 1 saturated heterocycles. The maximum absolute atomic E-state index is 4.72. The van der Waals surface area contributed by atoms with Crippen molar-refractivity contribution in [3.05, 3.63) is 28.0 Å². The molecule has 3 rings (SSSR count). The summed E-state index contributed by atoms with van der Waals surface area (Å²) in [6, 6.07) is 0. The van der Waals surface area contributed by atoms with Crippen LogP contribution in [0.1, 0.15) is 55.9 Å². The van der Waals surface area contributed by atoms with Crippen LogP contribution in [0.5, 0.6) is 0 Å². The highest BCUT2D eigenvalue weighted by atomic mass is 32.1. The molecule has 2 aromatic rings. The second-order valence-electron chi connectivity index (χ2n) is 6.76. The van der Waals surface area contributed by atoms with Crippen LogP contribution in [-0.4, -0.2) is 33.1 Å². The van der Waals surface area contributed by atoms with Crippen LogP contribution in [-0.2, 0) is 12.0 Å². The summed E-state index contributed by atoms with van der Waals surface area (Å²) in [5.41, 5.74) is 2.37. The van der Waals surface area contributed by atoms with Gasteiger partial charge in [-0.2, -0.15) is 0 Å². The van der Waals surface area contributed by atoms with Crippen LogP contribution in [0.25, 0.3) is 0 Å². The van der Waals surface area contributed by atoms with Gasteiger partial charge in [0.2, 0.25) is 0 Å². The molecule has 0 bridgehead atoms. The first kappa shape index (κ1) is 14.7. The Hall–Kier alpha value is -1.27. The molecule has 2 aromatic heterocycles. The number of rotatable bonds is 3. The van der Waals surface area contributed by atoms with Crippen LogP contribution in [0.4, 0.5) is 0 Å². The predicted molar refractivity (Wildman–Crippen MR) is 84.8 cm³/mol. The van der Waals surface area contributed by atoms with E-state index in [9.17, 15) is 0 Å². The van der Waals surface area contributed by atoms with Gasteiger partial charge in [-0.15, -0.1) is 16.4 Å². The number of thiazole rings is 1. The molecular weight excluding hydrogens is 282 g/mol. The van der Waals surface area contributed by atoms with Crippen LogP contribution >= 0.6 is 11.3 Å². The molecule has 0 radical (unpaired) electrons. The van der Waals surface area contributed by atoms with Crippen molar-refractivity contribution in [2.75, 3.05) is 13.1 Å². The van der Waals surface area contributed by atoms with Gasteiger partial charge in [0.05, 0.1) is 17.9 Å². The molecule has 0 unspecified atom stereocenters. The molecule has 0 amide bonds. The molecule has 0 saturated carbocycles. The molecule has 114 valence electrons. The smallest absolute Gasteiger partial charge is 0.114 e. The normalized spacial score (nSPS) is 19.9. The van der Waals surface area contributed by atoms with E-state index in [0.717, 1.165) is 29.5 Å². The lowest BCUT2D eigenvalue weighted by Gasteiger charge is -2.20. The molecule has 1 aliphatic heterocycles.